The molecular formula is C10H20N2Si2. The molecule has 0 aromatic carbocycles. The van der Waals surface area contributed by atoms with Crippen LogP contribution < -0.4 is 10.4 Å². The van der Waals surface area contributed by atoms with Crippen LogP contribution in [0.2, 0.25) is 39.3 Å². The van der Waals surface area contributed by atoms with Crippen molar-refractivity contribution in [2.75, 3.05) is 0 Å². The van der Waals surface area contributed by atoms with Gasteiger partial charge in [0.2, 0.25) is 0 Å². The standard InChI is InChI=1S/C10H20N2Si2/c1-13(2,3)9-7-11-12-8-10(9)14(4,5)6/h7-8H,1-6H3. The summed E-state index contributed by atoms with van der Waals surface area (Å²) in [4.78, 5) is 0. The van der Waals surface area contributed by atoms with Gasteiger partial charge in [0, 0.05) is 12.4 Å². The van der Waals surface area contributed by atoms with E-state index in [9.17, 15) is 0 Å². The third kappa shape index (κ3) is 2.51. The van der Waals surface area contributed by atoms with Crippen LogP contribution in [0.1, 0.15) is 0 Å². The molecule has 0 N–H and O–H groups in total. The molecule has 1 aromatic heterocycles. The minimum Gasteiger partial charge on any atom is -0.159 e. The fourth-order valence-corrected chi connectivity index (χ4v) is 6.40. The molecule has 0 saturated carbocycles. The van der Waals surface area contributed by atoms with Gasteiger partial charge in [-0.25, -0.2) is 0 Å². The van der Waals surface area contributed by atoms with Crippen molar-refractivity contribution in [1.82, 2.24) is 10.2 Å². The Kier molecular flexibility index (Phi) is 2.97. The monoisotopic (exact) mass is 224 g/mol. The Morgan fingerprint density at radius 1 is 0.714 bits per heavy atom. The smallest absolute Gasteiger partial charge is 0.0796 e. The third-order valence-electron chi connectivity index (χ3n) is 2.35. The van der Waals surface area contributed by atoms with Crippen LogP contribution >= 0.6 is 0 Å². The number of rotatable bonds is 2. The van der Waals surface area contributed by atoms with E-state index in [4.69, 9.17) is 0 Å². The van der Waals surface area contributed by atoms with Crippen molar-refractivity contribution in [3.63, 3.8) is 0 Å². The number of hydrogen-bond acceptors (Lipinski definition) is 2. The van der Waals surface area contributed by atoms with Crippen molar-refractivity contribution in [3.8, 4) is 0 Å². The van der Waals surface area contributed by atoms with Crippen molar-refractivity contribution in [1.29, 1.82) is 0 Å². The number of aromatic nitrogens is 2. The maximum Gasteiger partial charge on any atom is 0.0796 e. The fourth-order valence-electron chi connectivity index (χ4n) is 1.52. The summed E-state index contributed by atoms with van der Waals surface area (Å²) in [6.45, 7) is 14.2. The predicted molar refractivity (Wildman–Crippen MR) is 68.0 cm³/mol. The Hall–Kier alpha value is -0.486. The summed E-state index contributed by atoms with van der Waals surface area (Å²) in [6, 6.07) is 0. The molecule has 0 aliphatic rings. The second kappa shape index (κ2) is 3.58. The van der Waals surface area contributed by atoms with E-state index < -0.39 is 16.1 Å². The normalized spacial score (nSPS) is 13.0. The molecule has 0 aliphatic carbocycles. The molecule has 0 atom stereocenters. The first-order valence-electron chi connectivity index (χ1n) is 5.04. The second-order valence-corrected chi connectivity index (χ2v) is 15.9. The molecule has 0 aliphatic heterocycles. The van der Waals surface area contributed by atoms with E-state index in [2.05, 4.69) is 49.5 Å². The lowest BCUT2D eigenvalue weighted by atomic mass is 10.6. The molecule has 0 fully saturated rings. The Labute approximate surface area is 88.8 Å². The van der Waals surface area contributed by atoms with Crippen LogP contribution in [0.15, 0.2) is 12.4 Å². The van der Waals surface area contributed by atoms with Crippen molar-refractivity contribution in [3.05, 3.63) is 12.4 Å². The summed E-state index contributed by atoms with van der Waals surface area (Å²) in [5, 5.41) is 11.0. The molecule has 1 rings (SSSR count). The number of nitrogens with zero attached hydrogens (tertiary/aromatic N) is 2. The topological polar surface area (TPSA) is 25.8 Å². The minimum absolute atomic E-state index is 1.26. The minimum atomic E-state index is -1.26. The summed E-state index contributed by atoms with van der Waals surface area (Å²) < 4.78 is 0. The van der Waals surface area contributed by atoms with Crippen LogP contribution in [0, 0.1) is 0 Å². The van der Waals surface area contributed by atoms with E-state index in [0.29, 0.717) is 0 Å². The molecule has 1 heterocycles. The van der Waals surface area contributed by atoms with Gasteiger partial charge in [0.1, 0.15) is 0 Å². The SMILES string of the molecule is C[Si](C)(C)c1cnncc1[Si](C)(C)C. The van der Waals surface area contributed by atoms with Gasteiger partial charge >= 0.3 is 0 Å². The van der Waals surface area contributed by atoms with Crippen molar-refractivity contribution in [2.45, 2.75) is 39.3 Å². The molecule has 0 saturated heterocycles. The summed E-state index contributed by atoms with van der Waals surface area (Å²) in [6.07, 6.45) is 3.97. The first-order valence-corrected chi connectivity index (χ1v) is 12.0. The van der Waals surface area contributed by atoms with Crippen LogP contribution in [0.4, 0.5) is 0 Å². The van der Waals surface area contributed by atoms with E-state index in [1.165, 1.54) is 10.4 Å². The maximum absolute atomic E-state index is 4.03. The highest BCUT2D eigenvalue weighted by Gasteiger charge is 2.27. The fraction of sp³-hybridized carbons (Fsp3) is 0.600. The zero-order chi connectivity index (χ0) is 11.0. The Bertz CT molecular complexity index is 291. The highest BCUT2D eigenvalue weighted by molar-refractivity contribution is 6.98. The Balaban J connectivity index is 3.31. The molecule has 2 nitrogen and oxygen atoms in total. The summed E-state index contributed by atoms with van der Waals surface area (Å²) in [5.74, 6) is 0. The van der Waals surface area contributed by atoms with Gasteiger partial charge in [0.15, 0.2) is 0 Å². The van der Waals surface area contributed by atoms with Crippen LogP contribution in [-0.4, -0.2) is 26.3 Å². The first kappa shape index (κ1) is 11.6. The van der Waals surface area contributed by atoms with E-state index in [1.807, 2.05) is 12.4 Å². The molecule has 0 bridgehead atoms. The van der Waals surface area contributed by atoms with Crippen LogP contribution in [0.3, 0.4) is 0 Å². The van der Waals surface area contributed by atoms with Gasteiger partial charge in [-0.05, 0) is 10.4 Å². The summed E-state index contributed by atoms with van der Waals surface area (Å²) in [5.41, 5.74) is 0. The van der Waals surface area contributed by atoms with Gasteiger partial charge in [-0.2, -0.15) is 10.2 Å². The van der Waals surface area contributed by atoms with Crippen molar-refractivity contribution >= 4 is 26.5 Å². The third-order valence-corrected chi connectivity index (χ3v) is 6.63. The van der Waals surface area contributed by atoms with E-state index >= 15 is 0 Å². The Morgan fingerprint density at radius 2 is 1.00 bits per heavy atom. The molecule has 4 heteroatoms. The molecule has 0 amide bonds. The lowest BCUT2D eigenvalue weighted by Crippen LogP contribution is -2.56. The molecule has 0 radical (unpaired) electrons. The van der Waals surface area contributed by atoms with Gasteiger partial charge in [-0.1, -0.05) is 39.3 Å². The largest absolute Gasteiger partial charge is 0.159 e. The lowest BCUT2D eigenvalue weighted by Gasteiger charge is -2.26. The first-order chi connectivity index (χ1) is 6.23. The summed E-state index contributed by atoms with van der Waals surface area (Å²) in [7, 11) is -2.51. The van der Waals surface area contributed by atoms with Gasteiger partial charge < -0.3 is 0 Å². The van der Waals surface area contributed by atoms with Crippen LogP contribution in [-0.2, 0) is 0 Å². The van der Waals surface area contributed by atoms with Crippen LogP contribution in [0.25, 0.3) is 0 Å². The molecule has 78 valence electrons. The van der Waals surface area contributed by atoms with Crippen molar-refractivity contribution in [2.24, 2.45) is 0 Å². The molecule has 0 unspecified atom stereocenters. The molecule has 1 aromatic rings. The van der Waals surface area contributed by atoms with E-state index in [1.54, 1.807) is 0 Å². The predicted octanol–water partition coefficient (Wildman–Crippen LogP) is 1.57. The highest BCUT2D eigenvalue weighted by atomic mass is 28.3. The van der Waals surface area contributed by atoms with Gasteiger partial charge in [0.25, 0.3) is 0 Å². The average Bonchev–Trinajstić information content (AvgIpc) is 2.01. The van der Waals surface area contributed by atoms with Gasteiger partial charge in [-0.15, -0.1) is 0 Å². The van der Waals surface area contributed by atoms with Gasteiger partial charge in [-0.3, -0.25) is 0 Å². The molecular weight excluding hydrogens is 204 g/mol. The van der Waals surface area contributed by atoms with E-state index in [-0.39, 0.29) is 0 Å². The zero-order valence-corrected chi connectivity index (χ0v) is 12.0. The quantitative estimate of drug-likeness (QED) is 0.713. The second-order valence-electron chi connectivity index (χ2n) is 5.82. The maximum atomic E-state index is 4.03. The van der Waals surface area contributed by atoms with E-state index in [0.717, 1.165) is 0 Å². The zero-order valence-electron chi connectivity index (χ0n) is 10.0. The molecule has 14 heavy (non-hydrogen) atoms. The summed E-state index contributed by atoms with van der Waals surface area (Å²) >= 11 is 0. The van der Waals surface area contributed by atoms with Crippen molar-refractivity contribution < 1.29 is 0 Å². The van der Waals surface area contributed by atoms with Gasteiger partial charge in [0.05, 0.1) is 16.1 Å². The highest BCUT2D eigenvalue weighted by Crippen LogP contribution is 2.04. The lowest BCUT2D eigenvalue weighted by molar-refractivity contribution is 1.04. The Morgan fingerprint density at radius 3 is 1.21 bits per heavy atom. The number of hydrogen-bond donors (Lipinski definition) is 0. The van der Waals surface area contributed by atoms with Crippen LogP contribution in [0.5, 0.6) is 0 Å². The average molecular weight is 224 g/mol. The molecule has 0 spiro atoms.